The number of thiazole rings is 1. The topological polar surface area (TPSA) is 61.0 Å². The number of rotatable bonds is 4. The standard InChI is InChI=1S/C15H15N3O2S/c1-10(2)15-16-12(9-21-15)8-17-7-6-11-4-3-5-13(14(11)17)18(19)20/h3-7,9-10H,8H2,1-2H3. The minimum atomic E-state index is -0.334. The predicted octanol–water partition coefficient (Wildman–Crippen LogP) is 4.18. The summed E-state index contributed by atoms with van der Waals surface area (Å²) in [5.74, 6) is 0.402. The normalized spacial score (nSPS) is 11.4. The maximum absolute atomic E-state index is 11.2. The highest BCUT2D eigenvalue weighted by molar-refractivity contribution is 7.09. The fourth-order valence-electron chi connectivity index (χ4n) is 2.35. The van der Waals surface area contributed by atoms with E-state index < -0.39 is 0 Å². The molecule has 0 saturated heterocycles. The number of aromatic nitrogens is 2. The molecular formula is C15H15N3O2S. The van der Waals surface area contributed by atoms with Gasteiger partial charge in [0.05, 0.1) is 22.2 Å². The van der Waals surface area contributed by atoms with Crippen LogP contribution in [0.4, 0.5) is 5.69 Å². The van der Waals surface area contributed by atoms with E-state index in [0.717, 1.165) is 16.1 Å². The van der Waals surface area contributed by atoms with E-state index in [1.165, 1.54) is 0 Å². The second-order valence-corrected chi connectivity index (χ2v) is 6.14. The van der Waals surface area contributed by atoms with Gasteiger partial charge in [-0.3, -0.25) is 10.1 Å². The Morgan fingerprint density at radius 2 is 2.19 bits per heavy atom. The van der Waals surface area contributed by atoms with Crippen molar-refractivity contribution in [3.8, 4) is 0 Å². The summed E-state index contributed by atoms with van der Waals surface area (Å²) in [6, 6.07) is 7.04. The molecule has 0 fully saturated rings. The van der Waals surface area contributed by atoms with Gasteiger partial charge in [-0.1, -0.05) is 26.0 Å². The summed E-state index contributed by atoms with van der Waals surface area (Å²) >= 11 is 1.64. The monoisotopic (exact) mass is 301 g/mol. The molecule has 0 aliphatic carbocycles. The summed E-state index contributed by atoms with van der Waals surface area (Å²) in [6.45, 7) is 4.77. The van der Waals surface area contributed by atoms with Crippen molar-refractivity contribution in [1.82, 2.24) is 9.55 Å². The predicted molar refractivity (Wildman–Crippen MR) is 83.9 cm³/mol. The second kappa shape index (κ2) is 5.29. The Balaban J connectivity index is 2.02. The number of hydrogen-bond donors (Lipinski definition) is 0. The van der Waals surface area contributed by atoms with Crippen LogP contribution in [0.1, 0.15) is 30.5 Å². The molecule has 21 heavy (non-hydrogen) atoms. The van der Waals surface area contributed by atoms with E-state index in [1.807, 2.05) is 28.3 Å². The summed E-state index contributed by atoms with van der Waals surface area (Å²) in [4.78, 5) is 15.4. The zero-order valence-electron chi connectivity index (χ0n) is 11.8. The molecule has 5 nitrogen and oxygen atoms in total. The van der Waals surface area contributed by atoms with Gasteiger partial charge in [0, 0.05) is 28.9 Å². The maximum atomic E-state index is 11.2. The van der Waals surface area contributed by atoms with Crippen LogP contribution in [-0.2, 0) is 6.54 Å². The molecule has 0 amide bonds. The molecule has 0 aliphatic rings. The van der Waals surface area contributed by atoms with Gasteiger partial charge in [-0.25, -0.2) is 4.98 Å². The first kappa shape index (κ1) is 13.8. The Morgan fingerprint density at radius 3 is 2.86 bits per heavy atom. The van der Waals surface area contributed by atoms with E-state index in [1.54, 1.807) is 23.5 Å². The molecule has 0 radical (unpaired) electrons. The first-order chi connectivity index (χ1) is 10.1. The Labute approximate surface area is 126 Å². The number of nitro groups is 1. The lowest BCUT2D eigenvalue weighted by molar-refractivity contribution is -0.383. The SMILES string of the molecule is CC(C)c1nc(Cn2ccc3cccc([N+](=O)[O-])c32)cs1. The fourth-order valence-corrected chi connectivity index (χ4v) is 3.18. The van der Waals surface area contributed by atoms with Crippen LogP contribution in [0.2, 0.25) is 0 Å². The highest BCUT2D eigenvalue weighted by Crippen LogP contribution is 2.27. The first-order valence-electron chi connectivity index (χ1n) is 6.73. The van der Waals surface area contributed by atoms with Crippen molar-refractivity contribution >= 4 is 27.9 Å². The van der Waals surface area contributed by atoms with Crippen LogP contribution in [-0.4, -0.2) is 14.5 Å². The first-order valence-corrected chi connectivity index (χ1v) is 7.61. The summed E-state index contributed by atoms with van der Waals surface area (Å²) < 4.78 is 1.90. The van der Waals surface area contributed by atoms with Crippen molar-refractivity contribution in [3.63, 3.8) is 0 Å². The number of hydrogen-bond acceptors (Lipinski definition) is 4. The number of nitro benzene ring substituents is 1. The molecule has 0 atom stereocenters. The van der Waals surface area contributed by atoms with Gasteiger partial charge >= 0.3 is 0 Å². The van der Waals surface area contributed by atoms with Gasteiger partial charge in [0.1, 0.15) is 5.52 Å². The third-order valence-corrected chi connectivity index (χ3v) is 4.55. The molecule has 3 rings (SSSR count). The molecule has 0 spiro atoms. The minimum Gasteiger partial charge on any atom is -0.336 e. The lowest BCUT2D eigenvalue weighted by Gasteiger charge is -2.04. The van der Waals surface area contributed by atoms with E-state index in [-0.39, 0.29) is 10.6 Å². The van der Waals surface area contributed by atoms with Crippen LogP contribution in [0.5, 0.6) is 0 Å². The Kier molecular flexibility index (Phi) is 3.47. The lowest BCUT2D eigenvalue weighted by atomic mass is 10.2. The molecule has 2 heterocycles. The van der Waals surface area contributed by atoms with Gasteiger partial charge in [0.15, 0.2) is 0 Å². The van der Waals surface area contributed by atoms with Crippen molar-refractivity contribution in [1.29, 1.82) is 0 Å². The molecular weight excluding hydrogens is 286 g/mol. The third-order valence-electron chi connectivity index (χ3n) is 3.36. The van der Waals surface area contributed by atoms with Crippen molar-refractivity contribution in [2.75, 3.05) is 0 Å². The smallest absolute Gasteiger partial charge is 0.293 e. The molecule has 0 unspecified atom stereocenters. The molecule has 1 aromatic carbocycles. The van der Waals surface area contributed by atoms with Gasteiger partial charge in [-0.15, -0.1) is 11.3 Å². The zero-order chi connectivity index (χ0) is 15.0. The third kappa shape index (κ3) is 2.54. The Bertz CT molecular complexity index is 804. The van der Waals surface area contributed by atoms with Crippen LogP contribution in [0.25, 0.3) is 10.9 Å². The number of fused-ring (bicyclic) bond motifs is 1. The number of non-ortho nitro benzene ring substituents is 1. The molecule has 0 bridgehead atoms. The molecule has 6 heteroatoms. The number of benzene rings is 1. The minimum absolute atomic E-state index is 0.136. The molecule has 108 valence electrons. The Morgan fingerprint density at radius 1 is 1.38 bits per heavy atom. The van der Waals surface area contributed by atoms with Gasteiger partial charge < -0.3 is 4.57 Å². The second-order valence-electron chi connectivity index (χ2n) is 5.25. The highest BCUT2D eigenvalue weighted by atomic mass is 32.1. The highest BCUT2D eigenvalue weighted by Gasteiger charge is 2.16. The summed E-state index contributed by atoms with van der Waals surface area (Å²) in [5, 5.41) is 15.2. The van der Waals surface area contributed by atoms with Gasteiger partial charge in [-0.2, -0.15) is 0 Å². The van der Waals surface area contributed by atoms with Gasteiger partial charge in [-0.05, 0) is 6.07 Å². The van der Waals surface area contributed by atoms with Crippen molar-refractivity contribution in [2.45, 2.75) is 26.3 Å². The van der Waals surface area contributed by atoms with Crippen LogP contribution >= 0.6 is 11.3 Å². The van der Waals surface area contributed by atoms with E-state index >= 15 is 0 Å². The fraction of sp³-hybridized carbons (Fsp3) is 0.267. The number of para-hydroxylation sites is 1. The van der Waals surface area contributed by atoms with Crippen molar-refractivity contribution < 1.29 is 4.92 Å². The molecule has 3 aromatic rings. The summed E-state index contributed by atoms with van der Waals surface area (Å²) in [7, 11) is 0. The summed E-state index contributed by atoms with van der Waals surface area (Å²) in [6.07, 6.45) is 1.88. The zero-order valence-corrected chi connectivity index (χ0v) is 12.6. The van der Waals surface area contributed by atoms with Crippen LogP contribution in [0.15, 0.2) is 35.8 Å². The van der Waals surface area contributed by atoms with E-state index in [0.29, 0.717) is 18.0 Å². The van der Waals surface area contributed by atoms with Crippen LogP contribution in [0, 0.1) is 10.1 Å². The van der Waals surface area contributed by atoms with E-state index in [2.05, 4.69) is 18.8 Å². The van der Waals surface area contributed by atoms with E-state index in [4.69, 9.17) is 0 Å². The lowest BCUT2D eigenvalue weighted by Crippen LogP contribution is -2.01. The molecule has 0 saturated carbocycles. The summed E-state index contributed by atoms with van der Waals surface area (Å²) in [5.41, 5.74) is 1.73. The largest absolute Gasteiger partial charge is 0.336 e. The van der Waals surface area contributed by atoms with Gasteiger partial charge in [0.25, 0.3) is 5.69 Å². The van der Waals surface area contributed by atoms with Crippen molar-refractivity contribution in [3.05, 3.63) is 56.7 Å². The van der Waals surface area contributed by atoms with Crippen LogP contribution < -0.4 is 0 Å². The maximum Gasteiger partial charge on any atom is 0.293 e. The Hall–Kier alpha value is -2.21. The average molecular weight is 301 g/mol. The number of nitrogens with zero attached hydrogens (tertiary/aromatic N) is 3. The quantitative estimate of drug-likeness (QED) is 0.536. The van der Waals surface area contributed by atoms with Crippen LogP contribution in [0.3, 0.4) is 0 Å². The average Bonchev–Trinajstić information content (AvgIpc) is 3.06. The van der Waals surface area contributed by atoms with E-state index in [9.17, 15) is 10.1 Å². The molecule has 0 aliphatic heterocycles. The molecule has 2 aromatic heterocycles. The molecule has 0 N–H and O–H groups in total. The van der Waals surface area contributed by atoms with Crippen molar-refractivity contribution in [2.24, 2.45) is 0 Å². The van der Waals surface area contributed by atoms with Gasteiger partial charge in [0.2, 0.25) is 0 Å².